The molecule has 1 aromatic carbocycles. The minimum Gasteiger partial charge on any atom is -0.493 e. The third kappa shape index (κ3) is 5.54. The quantitative estimate of drug-likeness (QED) is 0.693. The second kappa shape index (κ2) is 9.89. The minimum atomic E-state index is -0.842. The van der Waals surface area contributed by atoms with Crippen LogP contribution in [0.4, 0.5) is 4.79 Å². The number of ether oxygens (including phenoxy) is 2. The second-order valence-corrected chi connectivity index (χ2v) is 6.47. The van der Waals surface area contributed by atoms with Gasteiger partial charge in [0.15, 0.2) is 11.5 Å². The number of carboxylic acids is 1. The third-order valence-electron chi connectivity index (χ3n) is 4.49. The lowest BCUT2D eigenvalue weighted by atomic mass is 9.99. The van der Waals surface area contributed by atoms with Crippen LogP contribution in [0.1, 0.15) is 38.2 Å². The number of piperidine rings is 1. The average molecular weight is 364 g/mol. The summed E-state index contributed by atoms with van der Waals surface area (Å²) in [4.78, 5) is 25.0. The molecule has 1 unspecified atom stereocenters. The molecule has 0 radical (unpaired) electrons. The number of nitrogens with zero attached hydrogens (tertiary/aromatic N) is 1. The maximum Gasteiger partial charge on any atom is 0.317 e. The molecule has 7 nitrogen and oxygen atoms in total. The molecule has 0 aromatic heterocycles. The van der Waals surface area contributed by atoms with Crippen LogP contribution >= 0.6 is 0 Å². The Balaban J connectivity index is 1.90. The number of rotatable bonds is 8. The van der Waals surface area contributed by atoms with Crippen molar-refractivity contribution >= 4 is 12.0 Å². The second-order valence-electron chi connectivity index (χ2n) is 6.47. The van der Waals surface area contributed by atoms with Gasteiger partial charge in [-0.05, 0) is 37.0 Å². The summed E-state index contributed by atoms with van der Waals surface area (Å²) in [6.07, 6.45) is 3.37. The molecule has 1 aromatic rings. The molecule has 2 amide bonds. The van der Waals surface area contributed by atoms with Gasteiger partial charge in [-0.1, -0.05) is 19.4 Å². The van der Waals surface area contributed by atoms with Crippen LogP contribution in [0.5, 0.6) is 11.5 Å². The van der Waals surface area contributed by atoms with Crippen molar-refractivity contribution in [3.05, 3.63) is 23.8 Å². The van der Waals surface area contributed by atoms with E-state index in [1.807, 2.05) is 18.2 Å². The van der Waals surface area contributed by atoms with Gasteiger partial charge in [0.25, 0.3) is 0 Å². The number of hydrogen-bond donors (Lipinski definition) is 2. The highest BCUT2D eigenvalue weighted by Crippen LogP contribution is 2.28. The van der Waals surface area contributed by atoms with Gasteiger partial charge in [0.05, 0.1) is 19.6 Å². The van der Waals surface area contributed by atoms with Crippen LogP contribution in [-0.4, -0.2) is 48.8 Å². The fourth-order valence-electron chi connectivity index (χ4n) is 2.92. The molecule has 1 fully saturated rings. The van der Waals surface area contributed by atoms with Crippen LogP contribution in [0.2, 0.25) is 0 Å². The van der Waals surface area contributed by atoms with Gasteiger partial charge in [-0.25, -0.2) is 4.79 Å². The number of methoxy groups -OCH3 is 1. The molecule has 0 saturated carbocycles. The Hall–Kier alpha value is -2.44. The Morgan fingerprint density at radius 2 is 2.15 bits per heavy atom. The zero-order chi connectivity index (χ0) is 18.9. The number of nitrogens with one attached hydrogen (secondary N) is 1. The highest BCUT2D eigenvalue weighted by atomic mass is 16.5. The van der Waals surface area contributed by atoms with Crippen LogP contribution in [0, 0.1) is 5.92 Å². The lowest BCUT2D eigenvalue weighted by molar-refractivity contribution is -0.143. The van der Waals surface area contributed by atoms with Gasteiger partial charge in [-0.3, -0.25) is 4.79 Å². The summed E-state index contributed by atoms with van der Waals surface area (Å²) in [6.45, 7) is 3.94. The standard InChI is InChI=1S/C19H28N2O5/c1-3-4-10-26-16-8-7-14(11-17(16)25-2)12-20-19(24)21-9-5-6-15(13-21)18(22)23/h7-8,11,15H,3-6,9-10,12-13H2,1-2H3,(H,20,24)(H,22,23). The summed E-state index contributed by atoms with van der Waals surface area (Å²) in [5.41, 5.74) is 0.893. The van der Waals surface area contributed by atoms with Gasteiger partial charge >= 0.3 is 12.0 Å². The highest BCUT2D eigenvalue weighted by Gasteiger charge is 2.27. The number of carbonyl (C=O) groups excluding carboxylic acids is 1. The zero-order valence-corrected chi connectivity index (χ0v) is 15.5. The van der Waals surface area contributed by atoms with Gasteiger partial charge < -0.3 is 24.8 Å². The largest absolute Gasteiger partial charge is 0.493 e. The first-order valence-corrected chi connectivity index (χ1v) is 9.10. The van der Waals surface area contributed by atoms with Crippen molar-refractivity contribution in [2.45, 2.75) is 39.2 Å². The number of hydrogen-bond acceptors (Lipinski definition) is 4. The van der Waals surface area contributed by atoms with E-state index in [-0.39, 0.29) is 12.6 Å². The van der Waals surface area contributed by atoms with E-state index >= 15 is 0 Å². The summed E-state index contributed by atoms with van der Waals surface area (Å²) in [5.74, 6) is 0.00756. The lowest BCUT2D eigenvalue weighted by Crippen LogP contribution is -2.46. The number of likely N-dealkylation sites (tertiary alicyclic amines) is 1. The van der Waals surface area contributed by atoms with Crippen LogP contribution in [-0.2, 0) is 11.3 Å². The Morgan fingerprint density at radius 1 is 1.35 bits per heavy atom. The van der Waals surface area contributed by atoms with Crippen molar-refractivity contribution in [1.29, 1.82) is 0 Å². The molecular weight excluding hydrogens is 336 g/mol. The van der Waals surface area contributed by atoms with Crippen molar-refractivity contribution in [2.24, 2.45) is 5.92 Å². The first kappa shape index (κ1) is 19.9. The Morgan fingerprint density at radius 3 is 2.85 bits per heavy atom. The summed E-state index contributed by atoms with van der Waals surface area (Å²) in [7, 11) is 1.59. The van der Waals surface area contributed by atoms with E-state index in [0.29, 0.717) is 44.0 Å². The molecule has 7 heteroatoms. The normalized spacial score (nSPS) is 16.8. The van der Waals surface area contributed by atoms with Gasteiger partial charge in [-0.2, -0.15) is 0 Å². The fourth-order valence-corrected chi connectivity index (χ4v) is 2.92. The number of carboxylic acid groups (broad SMARTS) is 1. The number of unbranched alkanes of at least 4 members (excludes halogenated alkanes) is 1. The van der Waals surface area contributed by atoms with Crippen molar-refractivity contribution in [2.75, 3.05) is 26.8 Å². The van der Waals surface area contributed by atoms with Crippen LogP contribution < -0.4 is 14.8 Å². The van der Waals surface area contributed by atoms with Crippen molar-refractivity contribution in [3.8, 4) is 11.5 Å². The maximum absolute atomic E-state index is 12.3. The van der Waals surface area contributed by atoms with Gasteiger partial charge in [0, 0.05) is 19.6 Å². The molecule has 1 aliphatic heterocycles. The van der Waals surface area contributed by atoms with Crippen molar-refractivity contribution < 1.29 is 24.2 Å². The van der Waals surface area contributed by atoms with Crippen LogP contribution in [0.25, 0.3) is 0 Å². The van der Waals surface area contributed by atoms with E-state index in [4.69, 9.17) is 14.6 Å². The smallest absolute Gasteiger partial charge is 0.317 e. The van der Waals surface area contributed by atoms with E-state index in [0.717, 1.165) is 18.4 Å². The molecule has 2 N–H and O–H groups in total. The maximum atomic E-state index is 12.3. The molecule has 1 aliphatic rings. The summed E-state index contributed by atoms with van der Waals surface area (Å²) in [5, 5.41) is 12.0. The number of urea groups is 1. The number of aliphatic carboxylic acids is 1. The molecule has 144 valence electrons. The predicted octanol–water partition coefficient (Wildman–Crippen LogP) is 2.88. The van der Waals surface area contributed by atoms with Gasteiger partial charge in [0.1, 0.15) is 0 Å². The Labute approximate surface area is 154 Å². The molecule has 0 aliphatic carbocycles. The van der Waals surface area contributed by atoms with Crippen molar-refractivity contribution in [3.63, 3.8) is 0 Å². The van der Waals surface area contributed by atoms with Gasteiger partial charge in [-0.15, -0.1) is 0 Å². The van der Waals surface area contributed by atoms with E-state index in [2.05, 4.69) is 12.2 Å². The molecule has 1 atom stereocenters. The highest BCUT2D eigenvalue weighted by molar-refractivity contribution is 5.76. The number of carbonyl (C=O) groups is 2. The van der Waals surface area contributed by atoms with Crippen LogP contribution in [0.15, 0.2) is 18.2 Å². The summed E-state index contributed by atoms with van der Waals surface area (Å²) in [6, 6.07) is 5.34. The lowest BCUT2D eigenvalue weighted by Gasteiger charge is -2.30. The molecule has 2 rings (SSSR count). The topological polar surface area (TPSA) is 88.1 Å². The average Bonchev–Trinajstić information content (AvgIpc) is 2.66. The SMILES string of the molecule is CCCCOc1ccc(CNC(=O)N2CCCC(C(=O)O)C2)cc1OC. The first-order valence-electron chi connectivity index (χ1n) is 9.10. The molecule has 1 heterocycles. The zero-order valence-electron chi connectivity index (χ0n) is 15.5. The van der Waals surface area contributed by atoms with Crippen molar-refractivity contribution in [1.82, 2.24) is 10.2 Å². The molecular formula is C19H28N2O5. The van der Waals surface area contributed by atoms with Crippen LogP contribution in [0.3, 0.4) is 0 Å². The van der Waals surface area contributed by atoms with E-state index < -0.39 is 11.9 Å². The molecule has 0 spiro atoms. The molecule has 26 heavy (non-hydrogen) atoms. The van der Waals surface area contributed by atoms with E-state index in [1.165, 1.54) is 0 Å². The molecule has 0 bridgehead atoms. The minimum absolute atomic E-state index is 0.238. The number of benzene rings is 1. The van der Waals surface area contributed by atoms with E-state index in [1.54, 1.807) is 12.0 Å². The number of amides is 2. The summed E-state index contributed by atoms with van der Waals surface area (Å²) < 4.78 is 11.1. The monoisotopic (exact) mass is 364 g/mol. The van der Waals surface area contributed by atoms with E-state index in [9.17, 15) is 9.59 Å². The predicted molar refractivity (Wildman–Crippen MR) is 97.6 cm³/mol. The fraction of sp³-hybridized carbons (Fsp3) is 0.579. The molecule has 1 saturated heterocycles. The first-order chi connectivity index (χ1) is 12.5. The Kier molecular flexibility index (Phi) is 7.56. The third-order valence-corrected chi connectivity index (χ3v) is 4.49. The Bertz CT molecular complexity index is 620. The van der Waals surface area contributed by atoms with Gasteiger partial charge in [0.2, 0.25) is 0 Å². The summed E-state index contributed by atoms with van der Waals surface area (Å²) >= 11 is 0.